The summed E-state index contributed by atoms with van der Waals surface area (Å²) in [5, 5.41) is 8.74. The largest absolute Gasteiger partial charge is 0.294 e. The third-order valence-electron chi connectivity index (χ3n) is 1.73. The maximum absolute atomic E-state index is 11.4. The van der Waals surface area contributed by atoms with Crippen molar-refractivity contribution in [2.24, 2.45) is 0 Å². The van der Waals surface area contributed by atoms with Gasteiger partial charge < -0.3 is 0 Å². The lowest BCUT2D eigenvalue weighted by Crippen LogP contribution is -2.00. The van der Waals surface area contributed by atoms with Crippen LogP contribution in [0, 0.1) is 11.3 Å². The van der Waals surface area contributed by atoms with Crippen LogP contribution in [0.15, 0.2) is 22.7 Å². The number of carbonyl (C=O) groups excluding carboxylic acids is 1. The number of hydrogen-bond acceptors (Lipinski definition) is 2. The molecular weight excluding hydrogens is 265 g/mol. The molecule has 2 nitrogen and oxygen atoms in total. The SMILES string of the molecule is N#Cc1cc(C(=O)CCCl)ccc1Br. The second-order valence-electron chi connectivity index (χ2n) is 2.67. The van der Waals surface area contributed by atoms with Gasteiger partial charge in [0, 0.05) is 22.3 Å². The minimum atomic E-state index is -0.0380. The molecule has 0 saturated carbocycles. The van der Waals surface area contributed by atoms with E-state index < -0.39 is 0 Å². The Morgan fingerprint density at radius 2 is 2.29 bits per heavy atom. The molecule has 0 saturated heterocycles. The number of hydrogen-bond donors (Lipinski definition) is 0. The Morgan fingerprint density at radius 3 is 2.86 bits per heavy atom. The minimum Gasteiger partial charge on any atom is -0.294 e. The Labute approximate surface area is 95.6 Å². The van der Waals surface area contributed by atoms with Gasteiger partial charge in [0.15, 0.2) is 5.78 Å². The Hall–Kier alpha value is -0.850. The number of benzene rings is 1. The van der Waals surface area contributed by atoms with Crippen molar-refractivity contribution in [2.75, 3.05) is 5.88 Å². The van der Waals surface area contributed by atoms with Crippen molar-refractivity contribution >= 4 is 33.3 Å². The number of ketones is 1. The second kappa shape index (κ2) is 5.14. The zero-order valence-electron chi connectivity index (χ0n) is 7.26. The molecule has 0 fully saturated rings. The molecule has 1 aromatic rings. The molecule has 0 bridgehead atoms. The molecule has 0 aliphatic carbocycles. The molecule has 14 heavy (non-hydrogen) atoms. The maximum atomic E-state index is 11.4. The van der Waals surface area contributed by atoms with E-state index in [9.17, 15) is 4.79 Å². The monoisotopic (exact) mass is 271 g/mol. The molecule has 0 unspecified atom stereocenters. The summed E-state index contributed by atoms with van der Waals surface area (Å²) in [6.07, 6.45) is 0.300. The first-order valence-corrected chi connectivity index (χ1v) is 5.30. The molecule has 0 N–H and O–H groups in total. The van der Waals surface area contributed by atoms with Crippen molar-refractivity contribution in [1.29, 1.82) is 5.26 Å². The van der Waals surface area contributed by atoms with Crippen LogP contribution in [-0.2, 0) is 0 Å². The number of halogens is 2. The van der Waals surface area contributed by atoms with Gasteiger partial charge in [0.25, 0.3) is 0 Å². The van der Waals surface area contributed by atoms with Gasteiger partial charge in [0.1, 0.15) is 6.07 Å². The van der Waals surface area contributed by atoms with E-state index in [0.29, 0.717) is 27.9 Å². The molecular formula is C10H7BrClNO. The van der Waals surface area contributed by atoms with E-state index in [1.165, 1.54) is 0 Å². The van der Waals surface area contributed by atoms with Gasteiger partial charge in [-0.2, -0.15) is 5.26 Å². The van der Waals surface area contributed by atoms with Crippen LogP contribution in [0.2, 0.25) is 0 Å². The lowest BCUT2D eigenvalue weighted by molar-refractivity contribution is 0.0989. The molecule has 0 heterocycles. The molecule has 0 aromatic heterocycles. The predicted octanol–water partition coefficient (Wildman–Crippen LogP) is 3.13. The Morgan fingerprint density at radius 1 is 1.57 bits per heavy atom. The van der Waals surface area contributed by atoms with E-state index >= 15 is 0 Å². The van der Waals surface area contributed by atoms with Crippen molar-refractivity contribution in [2.45, 2.75) is 6.42 Å². The van der Waals surface area contributed by atoms with Crippen molar-refractivity contribution in [3.05, 3.63) is 33.8 Å². The second-order valence-corrected chi connectivity index (χ2v) is 3.90. The lowest BCUT2D eigenvalue weighted by atomic mass is 10.1. The predicted molar refractivity (Wildman–Crippen MR) is 58.5 cm³/mol. The number of carbonyl (C=O) groups is 1. The van der Waals surface area contributed by atoms with Gasteiger partial charge in [0.05, 0.1) is 5.56 Å². The first-order valence-electron chi connectivity index (χ1n) is 3.98. The van der Waals surface area contributed by atoms with E-state index in [2.05, 4.69) is 15.9 Å². The van der Waals surface area contributed by atoms with E-state index in [-0.39, 0.29) is 5.78 Å². The van der Waals surface area contributed by atoms with Gasteiger partial charge in [-0.15, -0.1) is 11.6 Å². The standard InChI is InChI=1S/C10H7BrClNO/c11-9-2-1-7(5-8(9)6-13)10(14)3-4-12/h1-2,5H,3-4H2. The van der Waals surface area contributed by atoms with Crippen LogP contribution in [0.5, 0.6) is 0 Å². The molecule has 1 aromatic carbocycles. The molecule has 0 amide bonds. The minimum absolute atomic E-state index is 0.0380. The van der Waals surface area contributed by atoms with Gasteiger partial charge in [-0.05, 0) is 28.1 Å². The highest BCUT2D eigenvalue weighted by Gasteiger charge is 2.07. The van der Waals surface area contributed by atoms with Gasteiger partial charge in [-0.3, -0.25) is 4.79 Å². The fourth-order valence-corrected chi connectivity index (χ4v) is 1.52. The topological polar surface area (TPSA) is 40.9 Å². The van der Waals surface area contributed by atoms with E-state index in [4.69, 9.17) is 16.9 Å². The van der Waals surface area contributed by atoms with Crippen LogP contribution in [0.25, 0.3) is 0 Å². The molecule has 0 radical (unpaired) electrons. The van der Waals surface area contributed by atoms with Gasteiger partial charge >= 0.3 is 0 Å². The maximum Gasteiger partial charge on any atom is 0.164 e. The van der Waals surface area contributed by atoms with E-state index in [0.717, 1.165) is 0 Å². The molecule has 0 spiro atoms. The summed E-state index contributed by atoms with van der Waals surface area (Å²) in [5.41, 5.74) is 0.996. The van der Waals surface area contributed by atoms with Crippen LogP contribution < -0.4 is 0 Å². The van der Waals surface area contributed by atoms with E-state index in [1.54, 1.807) is 18.2 Å². The average Bonchev–Trinajstić information content (AvgIpc) is 2.19. The molecule has 0 aliphatic heterocycles. The van der Waals surface area contributed by atoms with Crippen LogP contribution >= 0.6 is 27.5 Å². The van der Waals surface area contributed by atoms with Gasteiger partial charge in [-0.1, -0.05) is 6.07 Å². The van der Waals surface area contributed by atoms with E-state index in [1.807, 2.05) is 6.07 Å². The van der Waals surface area contributed by atoms with Crippen LogP contribution in [-0.4, -0.2) is 11.7 Å². The summed E-state index contributed by atoms with van der Waals surface area (Å²) in [6, 6.07) is 6.94. The summed E-state index contributed by atoms with van der Waals surface area (Å²) in [6.45, 7) is 0. The number of Topliss-reactive ketones (excluding diaryl/α,β-unsaturated/α-hetero) is 1. The van der Waals surface area contributed by atoms with Crippen molar-refractivity contribution in [1.82, 2.24) is 0 Å². The fraction of sp³-hybridized carbons (Fsp3) is 0.200. The summed E-state index contributed by atoms with van der Waals surface area (Å²) in [5.74, 6) is 0.264. The Bertz CT molecular complexity index is 398. The molecule has 72 valence electrons. The summed E-state index contributed by atoms with van der Waals surface area (Å²) in [7, 11) is 0. The number of alkyl halides is 1. The van der Waals surface area contributed by atoms with Crippen LogP contribution in [0.1, 0.15) is 22.3 Å². The first kappa shape index (κ1) is 11.2. The van der Waals surface area contributed by atoms with Crippen molar-refractivity contribution in [3.63, 3.8) is 0 Å². The highest BCUT2D eigenvalue weighted by atomic mass is 79.9. The van der Waals surface area contributed by atoms with Gasteiger partial charge in [-0.25, -0.2) is 0 Å². The molecule has 0 aliphatic rings. The molecule has 4 heteroatoms. The highest BCUT2D eigenvalue weighted by Crippen LogP contribution is 2.18. The van der Waals surface area contributed by atoms with Crippen LogP contribution in [0.3, 0.4) is 0 Å². The van der Waals surface area contributed by atoms with Crippen molar-refractivity contribution < 1.29 is 4.79 Å². The Balaban J connectivity index is 3.02. The number of nitriles is 1. The van der Waals surface area contributed by atoms with Gasteiger partial charge in [0.2, 0.25) is 0 Å². The summed E-state index contributed by atoms with van der Waals surface area (Å²) >= 11 is 8.67. The Kier molecular flexibility index (Phi) is 4.12. The third kappa shape index (κ3) is 2.57. The summed E-state index contributed by atoms with van der Waals surface area (Å²) < 4.78 is 0.697. The van der Waals surface area contributed by atoms with Crippen LogP contribution in [0.4, 0.5) is 0 Å². The first-order chi connectivity index (χ1) is 6.69. The third-order valence-corrected chi connectivity index (χ3v) is 2.61. The zero-order chi connectivity index (χ0) is 10.6. The smallest absolute Gasteiger partial charge is 0.164 e. The zero-order valence-corrected chi connectivity index (χ0v) is 9.60. The molecule has 0 atom stereocenters. The quantitative estimate of drug-likeness (QED) is 0.626. The molecule has 1 rings (SSSR count). The average molecular weight is 273 g/mol. The highest BCUT2D eigenvalue weighted by molar-refractivity contribution is 9.10. The number of nitrogens with zero attached hydrogens (tertiary/aromatic N) is 1. The lowest BCUT2D eigenvalue weighted by Gasteiger charge is -2.00. The fourth-order valence-electron chi connectivity index (χ4n) is 1.01. The number of rotatable bonds is 3. The summed E-state index contributed by atoms with van der Waals surface area (Å²) in [4.78, 5) is 11.4. The van der Waals surface area contributed by atoms with Crippen molar-refractivity contribution in [3.8, 4) is 6.07 Å². The normalized spacial score (nSPS) is 9.50.